The molecule has 0 radical (unpaired) electrons. The van der Waals surface area contributed by atoms with Gasteiger partial charge < -0.3 is 4.90 Å². The fourth-order valence-electron chi connectivity index (χ4n) is 4.84. The van der Waals surface area contributed by atoms with Gasteiger partial charge in [0, 0.05) is 24.5 Å². The fourth-order valence-corrected chi connectivity index (χ4v) is 5.66. The van der Waals surface area contributed by atoms with E-state index in [-0.39, 0.29) is 0 Å². The van der Waals surface area contributed by atoms with Crippen molar-refractivity contribution in [2.45, 2.75) is 38.6 Å². The molecule has 25 heavy (non-hydrogen) atoms. The normalized spacial score (nSPS) is 24.6. The van der Waals surface area contributed by atoms with E-state index in [4.69, 9.17) is 0 Å². The number of piperidine rings is 2. The fraction of sp³-hybridized carbons (Fsp3) is 0.571. The molecule has 0 N–H and O–H groups in total. The molecule has 3 heterocycles. The van der Waals surface area contributed by atoms with Gasteiger partial charge in [-0.2, -0.15) is 0 Å². The maximum Gasteiger partial charge on any atom is 0.0798 e. The molecule has 1 spiro atoms. The van der Waals surface area contributed by atoms with Crippen molar-refractivity contribution in [1.29, 1.82) is 0 Å². The summed E-state index contributed by atoms with van der Waals surface area (Å²) in [6.45, 7) is 8.15. The lowest BCUT2D eigenvalue weighted by molar-refractivity contribution is 0.0221. The summed E-state index contributed by atoms with van der Waals surface area (Å²) in [7, 11) is 2.31. The molecule has 4 rings (SSSR count). The van der Waals surface area contributed by atoms with E-state index in [1.807, 2.05) is 16.8 Å². The summed E-state index contributed by atoms with van der Waals surface area (Å²) in [6.07, 6.45) is 4.02. The Morgan fingerprint density at radius 1 is 1.20 bits per heavy atom. The molecule has 0 unspecified atom stereocenters. The van der Waals surface area contributed by atoms with Crippen LogP contribution in [0.1, 0.15) is 41.3 Å². The summed E-state index contributed by atoms with van der Waals surface area (Å²) in [5.74, 6) is 0.690. The van der Waals surface area contributed by atoms with Gasteiger partial charge in [-0.3, -0.25) is 4.90 Å². The maximum absolute atomic E-state index is 4.40. The number of hydrogen-bond acceptors (Lipinski definition) is 4. The minimum atomic E-state index is 0.507. The lowest BCUT2D eigenvalue weighted by Crippen LogP contribution is -2.50. The van der Waals surface area contributed by atoms with E-state index in [9.17, 15) is 0 Å². The van der Waals surface area contributed by atoms with Crippen LogP contribution in [-0.4, -0.2) is 48.0 Å². The molecule has 1 aromatic heterocycles. The Kier molecular flexibility index (Phi) is 4.94. The van der Waals surface area contributed by atoms with Crippen LogP contribution in [0, 0.1) is 12.3 Å². The van der Waals surface area contributed by atoms with Gasteiger partial charge in [-0.25, -0.2) is 4.98 Å². The van der Waals surface area contributed by atoms with Crippen LogP contribution in [0.25, 0.3) is 0 Å². The Morgan fingerprint density at radius 2 is 1.96 bits per heavy atom. The number of benzene rings is 1. The quantitative estimate of drug-likeness (QED) is 0.824. The molecule has 2 aliphatic rings. The largest absolute Gasteiger partial charge is 0.305 e. The molecule has 0 saturated carbocycles. The number of aryl methyl sites for hydroxylation is 1. The number of aromatic nitrogens is 1. The van der Waals surface area contributed by atoms with E-state index in [0.29, 0.717) is 11.3 Å². The smallest absolute Gasteiger partial charge is 0.0798 e. The first-order valence-electron chi connectivity index (χ1n) is 9.48. The number of rotatable bonds is 3. The molecule has 2 fully saturated rings. The van der Waals surface area contributed by atoms with Crippen LogP contribution in [0.5, 0.6) is 0 Å². The molecule has 2 aromatic rings. The zero-order chi connectivity index (χ0) is 17.3. The Morgan fingerprint density at radius 3 is 2.64 bits per heavy atom. The molecular formula is C21H29N3S. The maximum atomic E-state index is 4.40. The van der Waals surface area contributed by atoms with Crippen LogP contribution >= 0.6 is 11.3 Å². The summed E-state index contributed by atoms with van der Waals surface area (Å²) in [5, 5.41) is 0. The number of nitrogens with zero attached hydrogens (tertiary/aromatic N) is 3. The van der Waals surface area contributed by atoms with Gasteiger partial charge in [0.1, 0.15) is 0 Å². The molecule has 134 valence electrons. The highest BCUT2D eigenvalue weighted by Gasteiger charge is 2.41. The average Bonchev–Trinajstić information content (AvgIpc) is 3.02. The van der Waals surface area contributed by atoms with E-state index >= 15 is 0 Å². The van der Waals surface area contributed by atoms with Crippen molar-refractivity contribution < 1.29 is 0 Å². The second kappa shape index (κ2) is 7.18. The van der Waals surface area contributed by atoms with Crippen molar-refractivity contribution in [2.75, 3.05) is 33.2 Å². The number of likely N-dealkylation sites (N-methyl/N-ethyl adjacent to an activating group) is 1. The molecular weight excluding hydrogens is 326 g/mol. The zero-order valence-electron chi connectivity index (χ0n) is 15.4. The van der Waals surface area contributed by atoms with Crippen LogP contribution < -0.4 is 0 Å². The summed E-state index contributed by atoms with van der Waals surface area (Å²) >= 11 is 1.81. The molecule has 2 saturated heterocycles. The highest BCUT2D eigenvalue weighted by Crippen LogP contribution is 2.44. The van der Waals surface area contributed by atoms with E-state index in [1.54, 1.807) is 0 Å². The van der Waals surface area contributed by atoms with E-state index < -0.39 is 0 Å². The van der Waals surface area contributed by atoms with Crippen LogP contribution in [0.3, 0.4) is 0 Å². The average molecular weight is 356 g/mol. The van der Waals surface area contributed by atoms with Gasteiger partial charge in [-0.15, -0.1) is 11.3 Å². The van der Waals surface area contributed by atoms with Crippen LogP contribution in [0.15, 0.2) is 35.8 Å². The summed E-state index contributed by atoms with van der Waals surface area (Å²) in [6, 6.07) is 11.2. The number of likely N-dealkylation sites (tertiary alicyclic amines) is 2. The predicted octanol–water partition coefficient (Wildman–Crippen LogP) is 4.15. The third-order valence-corrected chi connectivity index (χ3v) is 7.14. The van der Waals surface area contributed by atoms with Crippen molar-refractivity contribution in [3.8, 4) is 0 Å². The van der Waals surface area contributed by atoms with Crippen molar-refractivity contribution in [1.82, 2.24) is 14.8 Å². The topological polar surface area (TPSA) is 19.4 Å². The molecule has 0 amide bonds. The van der Waals surface area contributed by atoms with Crippen LogP contribution in [-0.2, 0) is 6.54 Å². The van der Waals surface area contributed by atoms with E-state index in [2.05, 4.69) is 59.1 Å². The number of hydrogen-bond donors (Lipinski definition) is 0. The first-order valence-corrected chi connectivity index (χ1v) is 10.4. The van der Waals surface area contributed by atoms with Gasteiger partial charge in [0.2, 0.25) is 0 Å². The first-order chi connectivity index (χ1) is 12.1. The zero-order valence-corrected chi connectivity index (χ0v) is 16.3. The Balaban J connectivity index is 1.41. The second-order valence-electron chi connectivity index (χ2n) is 8.15. The summed E-state index contributed by atoms with van der Waals surface area (Å²) < 4.78 is 0. The SMILES string of the molecule is Cc1ncsc1CN1CCC2(CC1)C[C@H](c1ccccc1)CN(C)C2. The monoisotopic (exact) mass is 355 g/mol. The molecule has 3 nitrogen and oxygen atoms in total. The lowest BCUT2D eigenvalue weighted by atomic mass is 9.68. The third-order valence-electron chi connectivity index (χ3n) is 6.22. The van der Waals surface area contributed by atoms with Gasteiger partial charge in [0.15, 0.2) is 0 Å². The van der Waals surface area contributed by atoms with Crippen molar-refractivity contribution in [3.63, 3.8) is 0 Å². The number of thiazole rings is 1. The molecule has 0 bridgehead atoms. The van der Waals surface area contributed by atoms with Crippen molar-refractivity contribution in [2.24, 2.45) is 5.41 Å². The third kappa shape index (κ3) is 3.81. The molecule has 4 heteroatoms. The standard InChI is InChI=1S/C21H29N3S/c1-17-20(25-16-22-17)14-24-10-8-21(9-11-24)12-19(13-23(2)15-21)18-6-4-3-5-7-18/h3-7,16,19H,8-15H2,1-2H3/t19-/m0/s1. The van der Waals surface area contributed by atoms with E-state index in [1.165, 1.54) is 61.6 Å². The Bertz CT molecular complexity index is 688. The Hall–Kier alpha value is -1.23. The van der Waals surface area contributed by atoms with Crippen LogP contribution in [0.4, 0.5) is 0 Å². The van der Waals surface area contributed by atoms with Gasteiger partial charge in [0.25, 0.3) is 0 Å². The minimum absolute atomic E-state index is 0.507. The van der Waals surface area contributed by atoms with Gasteiger partial charge in [0.05, 0.1) is 11.2 Å². The van der Waals surface area contributed by atoms with Crippen LogP contribution in [0.2, 0.25) is 0 Å². The van der Waals surface area contributed by atoms with Crippen molar-refractivity contribution in [3.05, 3.63) is 52.0 Å². The van der Waals surface area contributed by atoms with Gasteiger partial charge >= 0.3 is 0 Å². The molecule has 1 aromatic carbocycles. The second-order valence-corrected chi connectivity index (χ2v) is 9.08. The summed E-state index contributed by atoms with van der Waals surface area (Å²) in [4.78, 5) is 11.1. The minimum Gasteiger partial charge on any atom is -0.305 e. The lowest BCUT2D eigenvalue weighted by Gasteiger charge is -2.49. The Labute approximate surface area is 155 Å². The molecule has 0 aliphatic carbocycles. The first kappa shape index (κ1) is 17.2. The highest BCUT2D eigenvalue weighted by atomic mass is 32.1. The molecule has 2 aliphatic heterocycles. The van der Waals surface area contributed by atoms with Crippen molar-refractivity contribution >= 4 is 11.3 Å². The molecule has 1 atom stereocenters. The van der Waals surface area contributed by atoms with Gasteiger partial charge in [-0.05, 0) is 63.2 Å². The van der Waals surface area contributed by atoms with Gasteiger partial charge in [-0.1, -0.05) is 30.3 Å². The highest BCUT2D eigenvalue weighted by molar-refractivity contribution is 7.09. The predicted molar refractivity (Wildman–Crippen MR) is 105 cm³/mol. The van der Waals surface area contributed by atoms with E-state index in [0.717, 1.165) is 6.54 Å². The summed E-state index contributed by atoms with van der Waals surface area (Å²) in [5.41, 5.74) is 5.23.